The predicted octanol–water partition coefficient (Wildman–Crippen LogP) is 3.03. The van der Waals surface area contributed by atoms with E-state index in [1.807, 2.05) is 12.1 Å². The molecule has 0 radical (unpaired) electrons. The van der Waals surface area contributed by atoms with Gasteiger partial charge in [0.2, 0.25) is 5.91 Å². The zero-order chi connectivity index (χ0) is 15.4. The molecule has 3 rings (SSSR count). The van der Waals surface area contributed by atoms with Gasteiger partial charge in [-0.3, -0.25) is 4.79 Å². The normalized spacial score (nSPS) is 11.1. The Labute approximate surface area is 126 Å². The van der Waals surface area contributed by atoms with E-state index >= 15 is 0 Å². The summed E-state index contributed by atoms with van der Waals surface area (Å²) >= 11 is 0. The van der Waals surface area contributed by atoms with E-state index in [0.717, 1.165) is 22.2 Å². The molecular formula is C17H14FN3O. The number of halogens is 1. The zero-order valence-corrected chi connectivity index (χ0v) is 11.7. The lowest BCUT2D eigenvalue weighted by molar-refractivity contribution is -0.116. The summed E-state index contributed by atoms with van der Waals surface area (Å²) in [5, 5.41) is 3.67. The molecule has 22 heavy (non-hydrogen) atoms. The lowest BCUT2D eigenvalue weighted by Crippen LogP contribution is -2.20. The molecule has 0 unspecified atom stereocenters. The van der Waals surface area contributed by atoms with Crippen LogP contribution in [0.3, 0.4) is 0 Å². The Balaban J connectivity index is 1.64. The van der Waals surface area contributed by atoms with Crippen molar-refractivity contribution in [3.8, 4) is 0 Å². The minimum Gasteiger partial charge on any atom is -0.348 e. The molecule has 2 heterocycles. The van der Waals surface area contributed by atoms with E-state index < -0.39 is 0 Å². The Morgan fingerprint density at radius 1 is 1.32 bits per heavy atom. The van der Waals surface area contributed by atoms with E-state index in [1.54, 1.807) is 30.6 Å². The monoisotopic (exact) mass is 295 g/mol. The molecule has 4 nitrogen and oxygen atoms in total. The van der Waals surface area contributed by atoms with Crippen molar-refractivity contribution < 1.29 is 9.18 Å². The average molecular weight is 295 g/mol. The number of aromatic amines is 1. The number of benzene rings is 1. The number of amides is 1. The SMILES string of the molecule is O=C(C=Cc1c[nH]c2ncccc12)NCc1cccc(F)c1. The molecule has 0 bridgehead atoms. The van der Waals surface area contributed by atoms with E-state index in [2.05, 4.69) is 15.3 Å². The van der Waals surface area contributed by atoms with Crippen molar-refractivity contribution in [3.05, 3.63) is 71.8 Å². The van der Waals surface area contributed by atoms with Gasteiger partial charge in [0.1, 0.15) is 11.5 Å². The highest BCUT2D eigenvalue weighted by molar-refractivity contribution is 5.95. The van der Waals surface area contributed by atoms with Gasteiger partial charge < -0.3 is 10.3 Å². The van der Waals surface area contributed by atoms with Crippen LogP contribution in [0, 0.1) is 5.82 Å². The van der Waals surface area contributed by atoms with Crippen LogP contribution in [-0.4, -0.2) is 15.9 Å². The molecular weight excluding hydrogens is 281 g/mol. The number of pyridine rings is 1. The molecule has 0 aliphatic rings. The average Bonchev–Trinajstić information content (AvgIpc) is 2.94. The molecule has 2 N–H and O–H groups in total. The summed E-state index contributed by atoms with van der Waals surface area (Å²) in [5.74, 6) is -0.545. The number of hydrogen-bond donors (Lipinski definition) is 2. The minimum absolute atomic E-state index is 0.234. The van der Waals surface area contributed by atoms with Gasteiger partial charge in [-0.25, -0.2) is 9.37 Å². The van der Waals surface area contributed by atoms with E-state index in [9.17, 15) is 9.18 Å². The predicted molar refractivity (Wildman–Crippen MR) is 83.4 cm³/mol. The Bertz CT molecular complexity index is 839. The molecule has 1 aromatic carbocycles. The maximum Gasteiger partial charge on any atom is 0.244 e. The lowest BCUT2D eigenvalue weighted by atomic mass is 10.2. The highest BCUT2D eigenvalue weighted by atomic mass is 19.1. The fraction of sp³-hybridized carbons (Fsp3) is 0.0588. The van der Waals surface area contributed by atoms with E-state index in [-0.39, 0.29) is 18.3 Å². The van der Waals surface area contributed by atoms with Crippen LogP contribution in [0.4, 0.5) is 4.39 Å². The third kappa shape index (κ3) is 3.20. The standard InChI is InChI=1S/C17H14FN3O/c18-14-4-1-3-12(9-14)10-20-16(22)7-6-13-11-21-17-15(13)5-2-8-19-17/h1-9,11H,10H2,(H,19,21)(H,20,22). The number of H-pyrrole nitrogens is 1. The molecule has 0 saturated heterocycles. The molecule has 3 aromatic rings. The second kappa shape index (κ2) is 6.22. The van der Waals surface area contributed by atoms with Crippen molar-refractivity contribution in [3.63, 3.8) is 0 Å². The summed E-state index contributed by atoms with van der Waals surface area (Å²) in [7, 11) is 0. The molecule has 1 amide bonds. The Hall–Kier alpha value is -2.95. The van der Waals surface area contributed by atoms with Gasteiger partial charge in [0.15, 0.2) is 0 Å². The van der Waals surface area contributed by atoms with Crippen LogP contribution in [0.5, 0.6) is 0 Å². The third-order valence-electron chi connectivity index (χ3n) is 3.25. The summed E-state index contributed by atoms with van der Waals surface area (Å²) in [6, 6.07) is 9.93. The van der Waals surface area contributed by atoms with Crippen LogP contribution in [-0.2, 0) is 11.3 Å². The van der Waals surface area contributed by atoms with E-state index in [4.69, 9.17) is 0 Å². The zero-order valence-electron chi connectivity index (χ0n) is 11.7. The Kier molecular flexibility index (Phi) is 3.96. The Morgan fingerprint density at radius 3 is 3.09 bits per heavy atom. The third-order valence-corrected chi connectivity index (χ3v) is 3.25. The van der Waals surface area contributed by atoms with Crippen molar-refractivity contribution in [1.82, 2.24) is 15.3 Å². The highest BCUT2D eigenvalue weighted by Gasteiger charge is 2.02. The maximum absolute atomic E-state index is 13.0. The molecule has 0 fully saturated rings. The van der Waals surface area contributed by atoms with E-state index in [0.29, 0.717) is 0 Å². The molecule has 2 aromatic heterocycles. The Morgan fingerprint density at radius 2 is 2.23 bits per heavy atom. The second-order valence-corrected chi connectivity index (χ2v) is 4.82. The molecule has 0 atom stereocenters. The minimum atomic E-state index is -0.311. The quantitative estimate of drug-likeness (QED) is 0.727. The number of fused-ring (bicyclic) bond motifs is 1. The summed E-state index contributed by atoms with van der Waals surface area (Å²) in [4.78, 5) is 19.0. The van der Waals surface area contributed by atoms with E-state index in [1.165, 1.54) is 18.2 Å². The fourth-order valence-corrected chi connectivity index (χ4v) is 2.18. The fourth-order valence-electron chi connectivity index (χ4n) is 2.18. The van der Waals surface area contributed by atoms with Gasteiger partial charge in [0.05, 0.1) is 0 Å². The number of aromatic nitrogens is 2. The summed E-state index contributed by atoms with van der Waals surface area (Å²) in [6.07, 6.45) is 6.68. The van der Waals surface area contributed by atoms with Gasteiger partial charge in [0.25, 0.3) is 0 Å². The topological polar surface area (TPSA) is 57.8 Å². The molecule has 0 aliphatic heterocycles. The first kappa shape index (κ1) is 14.0. The van der Waals surface area contributed by atoms with Crippen LogP contribution in [0.1, 0.15) is 11.1 Å². The highest BCUT2D eigenvalue weighted by Crippen LogP contribution is 2.16. The maximum atomic E-state index is 13.0. The van der Waals surface area contributed by atoms with Gasteiger partial charge >= 0.3 is 0 Å². The number of hydrogen-bond acceptors (Lipinski definition) is 2. The van der Waals surface area contributed by atoms with Crippen molar-refractivity contribution in [2.45, 2.75) is 6.54 Å². The first-order valence-corrected chi connectivity index (χ1v) is 6.85. The van der Waals surface area contributed by atoms with Crippen LogP contribution in [0.15, 0.2) is 54.9 Å². The van der Waals surface area contributed by atoms with Gasteiger partial charge in [-0.1, -0.05) is 12.1 Å². The summed E-state index contributed by atoms with van der Waals surface area (Å²) in [6.45, 7) is 0.288. The van der Waals surface area contributed by atoms with Crippen molar-refractivity contribution in [2.75, 3.05) is 0 Å². The summed E-state index contributed by atoms with van der Waals surface area (Å²) < 4.78 is 13.0. The van der Waals surface area contributed by atoms with Crippen LogP contribution in [0.25, 0.3) is 17.1 Å². The van der Waals surface area contributed by atoms with Crippen molar-refractivity contribution in [1.29, 1.82) is 0 Å². The van der Waals surface area contributed by atoms with Gasteiger partial charge in [-0.15, -0.1) is 0 Å². The van der Waals surface area contributed by atoms with Crippen molar-refractivity contribution >= 4 is 23.0 Å². The van der Waals surface area contributed by atoms with Gasteiger partial charge in [-0.05, 0) is 35.9 Å². The molecule has 110 valence electrons. The first-order chi connectivity index (χ1) is 10.7. The largest absolute Gasteiger partial charge is 0.348 e. The number of rotatable bonds is 4. The number of carbonyl (C=O) groups is 1. The molecule has 0 aliphatic carbocycles. The molecule has 5 heteroatoms. The van der Waals surface area contributed by atoms with Crippen LogP contribution >= 0.6 is 0 Å². The van der Waals surface area contributed by atoms with Crippen molar-refractivity contribution in [2.24, 2.45) is 0 Å². The lowest BCUT2D eigenvalue weighted by Gasteiger charge is -2.02. The van der Waals surface area contributed by atoms with Crippen LogP contribution < -0.4 is 5.32 Å². The molecule has 0 spiro atoms. The molecule has 0 saturated carbocycles. The number of nitrogens with one attached hydrogen (secondary N) is 2. The van der Waals surface area contributed by atoms with Gasteiger partial charge in [0, 0.05) is 36.0 Å². The number of carbonyl (C=O) groups excluding carboxylic acids is 1. The van der Waals surface area contributed by atoms with Gasteiger partial charge in [-0.2, -0.15) is 0 Å². The summed E-state index contributed by atoms with van der Waals surface area (Å²) in [5.41, 5.74) is 2.39. The smallest absolute Gasteiger partial charge is 0.244 e. The first-order valence-electron chi connectivity index (χ1n) is 6.85. The van der Waals surface area contributed by atoms with Crippen LogP contribution in [0.2, 0.25) is 0 Å². The second-order valence-electron chi connectivity index (χ2n) is 4.82. The number of nitrogens with zero attached hydrogens (tertiary/aromatic N) is 1.